The summed E-state index contributed by atoms with van der Waals surface area (Å²) in [6.45, 7) is 2.57. The molecule has 3 aliphatic rings. The number of amides is 1. The van der Waals surface area contributed by atoms with E-state index >= 15 is 0 Å². The second-order valence-electron chi connectivity index (χ2n) is 8.91. The lowest BCUT2D eigenvalue weighted by atomic mass is 9.93. The number of esters is 1. The quantitative estimate of drug-likeness (QED) is 0.672. The number of benzene rings is 1. The lowest BCUT2D eigenvalue weighted by Crippen LogP contribution is -2.51. The van der Waals surface area contributed by atoms with Gasteiger partial charge in [-0.15, -0.1) is 0 Å². The molecule has 1 saturated carbocycles. The van der Waals surface area contributed by atoms with Gasteiger partial charge in [-0.1, -0.05) is 43.2 Å². The number of carbonyl (C=O) groups is 2. The summed E-state index contributed by atoms with van der Waals surface area (Å²) in [5.74, 6) is -0.443. The topological polar surface area (TPSA) is 77.8 Å². The van der Waals surface area contributed by atoms with E-state index in [9.17, 15) is 14.4 Å². The molecule has 1 aliphatic carbocycles. The maximum atomic E-state index is 13.7. The molecule has 3 atom stereocenters. The van der Waals surface area contributed by atoms with E-state index in [0.29, 0.717) is 12.5 Å². The van der Waals surface area contributed by atoms with E-state index in [4.69, 9.17) is 9.47 Å². The smallest absolute Gasteiger partial charge is 0.343 e. The summed E-state index contributed by atoms with van der Waals surface area (Å²) in [5, 5.41) is 0. The van der Waals surface area contributed by atoms with Crippen molar-refractivity contribution in [3.8, 4) is 5.75 Å². The zero-order chi connectivity index (χ0) is 22.2. The Morgan fingerprint density at radius 2 is 1.91 bits per heavy atom. The monoisotopic (exact) mass is 436 g/mol. The molecule has 7 nitrogen and oxygen atoms in total. The molecule has 0 radical (unpaired) electrons. The van der Waals surface area contributed by atoms with Crippen molar-refractivity contribution in [2.24, 2.45) is 5.92 Å². The van der Waals surface area contributed by atoms with Crippen molar-refractivity contribution in [2.45, 2.75) is 64.3 Å². The van der Waals surface area contributed by atoms with Crippen LogP contribution in [0.5, 0.6) is 5.75 Å². The first-order valence-corrected chi connectivity index (χ1v) is 11.5. The summed E-state index contributed by atoms with van der Waals surface area (Å²) in [6, 6.07) is 9.78. The maximum Gasteiger partial charge on any atom is 0.343 e. The van der Waals surface area contributed by atoms with E-state index in [2.05, 4.69) is 0 Å². The fourth-order valence-electron chi connectivity index (χ4n) is 5.57. The van der Waals surface area contributed by atoms with Gasteiger partial charge in [0.2, 0.25) is 5.43 Å². The van der Waals surface area contributed by atoms with Gasteiger partial charge in [0.05, 0.1) is 12.6 Å². The number of ether oxygens (including phenoxy) is 2. The van der Waals surface area contributed by atoms with Crippen molar-refractivity contribution >= 4 is 11.9 Å². The van der Waals surface area contributed by atoms with Gasteiger partial charge in [-0.2, -0.15) is 0 Å². The van der Waals surface area contributed by atoms with Gasteiger partial charge >= 0.3 is 5.97 Å². The molecule has 3 heterocycles. The Labute approximate surface area is 186 Å². The maximum absolute atomic E-state index is 13.7. The first kappa shape index (κ1) is 20.8. The highest BCUT2D eigenvalue weighted by Crippen LogP contribution is 2.43. The van der Waals surface area contributed by atoms with Crippen LogP contribution in [-0.2, 0) is 17.9 Å². The highest BCUT2D eigenvalue weighted by Gasteiger charge is 2.49. The Bertz CT molecular complexity index is 1090. The molecular formula is C25H28N2O5. The number of nitrogens with zero attached hydrogens (tertiary/aromatic N) is 2. The predicted octanol–water partition coefficient (Wildman–Crippen LogP) is 3.39. The van der Waals surface area contributed by atoms with E-state index in [-0.39, 0.29) is 48.2 Å². The molecule has 32 heavy (non-hydrogen) atoms. The van der Waals surface area contributed by atoms with Crippen LogP contribution >= 0.6 is 0 Å². The van der Waals surface area contributed by atoms with Crippen LogP contribution in [0.3, 0.4) is 0 Å². The van der Waals surface area contributed by atoms with Crippen LogP contribution in [0.25, 0.3) is 0 Å². The van der Waals surface area contributed by atoms with Gasteiger partial charge in [-0.25, -0.2) is 4.79 Å². The summed E-state index contributed by atoms with van der Waals surface area (Å²) < 4.78 is 12.8. The Morgan fingerprint density at radius 1 is 1.12 bits per heavy atom. The minimum atomic E-state index is -0.686. The van der Waals surface area contributed by atoms with E-state index in [1.807, 2.05) is 35.2 Å². The van der Waals surface area contributed by atoms with Gasteiger partial charge < -0.3 is 18.9 Å². The zero-order valence-corrected chi connectivity index (χ0v) is 18.3. The Kier molecular flexibility index (Phi) is 5.49. The van der Waals surface area contributed by atoms with Crippen molar-refractivity contribution in [2.75, 3.05) is 6.61 Å². The first-order chi connectivity index (χ1) is 15.6. The number of hydrogen-bond donors (Lipinski definition) is 0. The van der Waals surface area contributed by atoms with E-state index in [1.54, 1.807) is 11.5 Å². The summed E-state index contributed by atoms with van der Waals surface area (Å²) >= 11 is 0. The van der Waals surface area contributed by atoms with Crippen LogP contribution in [0.4, 0.5) is 0 Å². The molecule has 7 heteroatoms. The number of pyridine rings is 1. The molecule has 1 aromatic heterocycles. The molecule has 3 unspecified atom stereocenters. The Hall–Kier alpha value is -3.09. The minimum absolute atomic E-state index is 0.0536. The molecular weight excluding hydrogens is 408 g/mol. The van der Waals surface area contributed by atoms with Gasteiger partial charge in [-0.05, 0) is 37.7 Å². The SMILES string of the molecule is CCOC(=O)c1cn2c(c(OCc3ccccc3)c1=O)C(=O)N1C3CCCCC(C3)C1C2. The summed E-state index contributed by atoms with van der Waals surface area (Å²) in [5.41, 5.74) is 0.457. The highest BCUT2D eigenvalue weighted by atomic mass is 16.5. The Morgan fingerprint density at radius 3 is 2.69 bits per heavy atom. The van der Waals surface area contributed by atoms with Gasteiger partial charge in [0, 0.05) is 18.8 Å². The van der Waals surface area contributed by atoms with E-state index < -0.39 is 11.4 Å². The van der Waals surface area contributed by atoms with Gasteiger partial charge in [0.15, 0.2) is 11.4 Å². The van der Waals surface area contributed by atoms with Crippen LogP contribution in [0, 0.1) is 5.92 Å². The van der Waals surface area contributed by atoms with Crippen molar-refractivity contribution in [3.63, 3.8) is 0 Å². The summed E-state index contributed by atoms with van der Waals surface area (Å²) in [6.07, 6.45) is 6.95. The van der Waals surface area contributed by atoms with Gasteiger partial charge in [0.1, 0.15) is 12.2 Å². The normalized spacial score (nSPS) is 23.8. The second kappa shape index (κ2) is 8.45. The summed E-state index contributed by atoms with van der Waals surface area (Å²) in [4.78, 5) is 41.5. The van der Waals surface area contributed by atoms with Crippen molar-refractivity contribution < 1.29 is 19.1 Å². The fourth-order valence-corrected chi connectivity index (χ4v) is 5.57. The van der Waals surface area contributed by atoms with E-state index in [0.717, 1.165) is 31.2 Å². The van der Waals surface area contributed by atoms with Crippen LogP contribution in [0.2, 0.25) is 0 Å². The lowest BCUT2D eigenvalue weighted by Gasteiger charge is -2.39. The number of carbonyl (C=O) groups excluding carboxylic acids is 2. The molecule has 168 valence electrons. The molecule has 2 aliphatic heterocycles. The average Bonchev–Trinajstić information content (AvgIpc) is 2.96. The molecule has 1 amide bonds. The molecule has 2 bridgehead atoms. The minimum Gasteiger partial charge on any atom is -0.483 e. The van der Waals surface area contributed by atoms with Crippen molar-refractivity contribution in [1.82, 2.24) is 9.47 Å². The van der Waals surface area contributed by atoms with Crippen LogP contribution in [0.15, 0.2) is 41.3 Å². The van der Waals surface area contributed by atoms with Crippen LogP contribution < -0.4 is 10.2 Å². The molecule has 0 N–H and O–H groups in total. The third-order valence-corrected chi connectivity index (χ3v) is 7.01. The average molecular weight is 437 g/mol. The van der Waals surface area contributed by atoms with Crippen LogP contribution in [0.1, 0.15) is 65.4 Å². The largest absolute Gasteiger partial charge is 0.483 e. The molecule has 2 fully saturated rings. The van der Waals surface area contributed by atoms with E-state index in [1.165, 1.54) is 12.6 Å². The second-order valence-corrected chi connectivity index (χ2v) is 8.91. The third-order valence-electron chi connectivity index (χ3n) is 7.01. The number of hydrogen-bond acceptors (Lipinski definition) is 5. The molecule has 1 saturated heterocycles. The first-order valence-electron chi connectivity index (χ1n) is 11.5. The molecule has 0 spiro atoms. The highest BCUT2D eigenvalue weighted by molar-refractivity contribution is 5.98. The molecule has 5 rings (SSSR count). The van der Waals surface area contributed by atoms with Gasteiger partial charge in [0.25, 0.3) is 5.91 Å². The molecule has 1 aromatic carbocycles. The number of aromatic nitrogens is 1. The number of fused-ring (bicyclic) bond motifs is 6. The molecule has 2 aromatic rings. The standard InChI is InChI=1S/C25H28N2O5/c1-2-31-25(30)19-13-26-14-20-17-10-6-7-11-18(12-17)27(20)24(29)21(26)23(22(19)28)32-15-16-8-4-3-5-9-16/h3-5,8-9,13,17-18,20H,2,6-7,10-12,14-15H2,1H3. The number of rotatable bonds is 5. The lowest BCUT2D eigenvalue weighted by molar-refractivity contribution is 0.0494. The summed E-state index contributed by atoms with van der Waals surface area (Å²) in [7, 11) is 0. The zero-order valence-electron chi connectivity index (χ0n) is 18.3. The third kappa shape index (κ3) is 3.49. The predicted molar refractivity (Wildman–Crippen MR) is 118 cm³/mol. The fraction of sp³-hybridized carbons (Fsp3) is 0.480. The van der Waals surface area contributed by atoms with Gasteiger partial charge in [-0.3, -0.25) is 9.59 Å². The Balaban J connectivity index is 1.59. The van der Waals surface area contributed by atoms with Crippen molar-refractivity contribution in [3.05, 3.63) is 63.6 Å². The van der Waals surface area contributed by atoms with Crippen molar-refractivity contribution in [1.29, 1.82) is 0 Å². The van der Waals surface area contributed by atoms with Crippen LogP contribution in [-0.4, -0.2) is 40.0 Å².